The van der Waals surface area contributed by atoms with E-state index in [1.807, 2.05) is 0 Å². The second-order valence-corrected chi connectivity index (χ2v) is 5.57. The molecular formula is C15H23N5O3. The van der Waals surface area contributed by atoms with E-state index in [4.69, 9.17) is 9.47 Å². The predicted molar refractivity (Wildman–Crippen MR) is 84.5 cm³/mol. The second-order valence-electron chi connectivity index (χ2n) is 5.57. The maximum atomic E-state index is 12.4. The molecule has 0 atom stereocenters. The first-order valence-electron chi connectivity index (χ1n) is 8.06. The zero-order chi connectivity index (χ0) is 15.9. The summed E-state index contributed by atoms with van der Waals surface area (Å²) in [7, 11) is 0. The van der Waals surface area contributed by atoms with Crippen molar-refractivity contribution in [3.05, 3.63) is 18.1 Å². The van der Waals surface area contributed by atoms with E-state index in [9.17, 15) is 4.79 Å². The van der Waals surface area contributed by atoms with E-state index >= 15 is 0 Å². The molecule has 0 aliphatic carbocycles. The Morgan fingerprint density at radius 3 is 2.52 bits per heavy atom. The van der Waals surface area contributed by atoms with Crippen LogP contribution in [0.4, 0.5) is 5.82 Å². The summed E-state index contributed by atoms with van der Waals surface area (Å²) in [6.45, 7) is 7.63. The highest BCUT2D eigenvalue weighted by molar-refractivity contribution is 5.92. The molecule has 1 aromatic heterocycles. The molecule has 3 heterocycles. The maximum absolute atomic E-state index is 12.4. The van der Waals surface area contributed by atoms with Gasteiger partial charge in [-0.15, -0.1) is 0 Å². The summed E-state index contributed by atoms with van der Waals surface area (Å²) in [4.78, 5) is 24.8. The first-order chi connectivity index (χ1) is 11.3. The Balaban J connectivity index is 1.51. The molecule has 23 heavy (non-hydrogen) atoms. The lowest BCUT2D eigenvalue weighted by atomic mass is 10.3. The number of hydrogen-bond donors (Lipinski definition) is 1. The molecule has 0 unspecified atom stereocenters. The number of anilines is 1. The second kappa shape index (κ2) is 8.19. The van der Waals surface area contributed by atoms with E-state index in [0.717, 1.165) is 39.4 Å². The first-order valence-corrected chi connectivity index (χ1v) is 8.06. The molecule has 0 spiro atoms. The molecule has 0 bridgehead atoms. The van der Waals surface area contributed by atoms with Gasteiger partial charge in [-0.3, -0.25) is 9.69 Å². The Hall–Kier alpha value is -1.77. The predicted octanol–water partition coefficient (Wildman–Crippen LogP) is -0.307. The van der Waals surface area contributed by atoms with Gasteiger partial charge in [-0.2, -0.15) is 0 Å². The minimum Gasteiger partial charge on any atom is -0.379 e. The topological polar surface area (TPSA) is 79.8 Å². The monoisotopic (exact) mass is 321 g/mol. The molecule has 2 saturated heterocycles. The van der Waals surface area contributed by atoms with E-state index in [2.05, 4.69) is 20.2 Å². The Morgan fingerprint density at radius 2 is 1.78 bits per heavy atom. The van der Waals surface area contributed by atoms with Crippen LogP contribution in [-0.2, 0) is 9.47 Å². The van der Waals surface area contributed by atoms with Crippen molar-refractivity contribution in [1.29, 1.82) is 0 Å². The fourth-order valence-corrected chi connectivity index (χ4v) is 2.67. The highest BCUT2D eigenvalue weighted by atomic mass is 16.5. The van der Waals surface area contributed by atoms with Crippen molar-refractivity contribution in [3.8, 4) is 0 Å². The molecule has 1 aromatic rings. The lowest BCUT2D eigenvalue weighted by molar-refractivity contribution is 0.0299. The number of nitrogens with zero attached hydrogens (tertiary/aromatic N) is 4. The van der Waals surface area contributed by atoms with Crippen LogP contribution in [0.2, 0.25) is 0 Å². The van der Waals surface area contributed by atoms with Gasteiger partial charge in [0.2, 0.25) is 0 Å². The smallest absolute Gasteiger partial charge is 0.272 e. The SMILES string of the molecule is O=C(c1cc(NCCN2CCOCC2)ncn1)N1CCOCC1. The van der Waals surface area contributed by atoms with Crippen LogP contribution in [0.15, 0.2) is 12.4 Å². The number of rotatable bonds is 5. The van der Waals surface area contributed by atoms with Crippen LogP contribution in [0.5, 0.6) is 0 Å². The lowest BCUT2D eigenvalue weighted by Crippen LogP contribution is -2.41. The van der Waals surface area contributed by atoms with Gasteiger partial charge < -0.3 is 19.7 Å². The molecule has 3 rings (SSSR count). The Bertz CT molecular complexity index is 516. The third-order valence-corrected chi connectivity index (χ3v) is 4.02. The minimum absolute atomic E-state index is 0.0630. The van der Waals surface area contributed by atoms with Gasteiger partial charge in [0.15, 0.2) is 0 Å². The molecule has 2 aliphatic heterocycles. The summed E-state index contributed by atoms with van der Waals surface area (Å²) in [5.74, 6) is 0.622. The molecule has 2 fully saturated rings. The first kappa shape index (κ1) is 16.1. The van der Waals surface area contributed by atoms with Crippen LogP contribution in [0, 0.1) is 0 Å². The highest BCUT2D eigenvalue weighted by Crippen LogP contribution is 2.09. The number of hydrogen-bond acceptors (Lipinski definition) is 7. The molecule has 2 aliphatic rings. The molecule has 8 heteroatoms. The van der Waals surface area contributed by atoms with E-state index in [1.165, 1.54) is 6.33 Å². The number of carbonyl (C=O) groups is 1. The van der Waals surface area contributed by atoms with Crippen molar-refractivity contribution in [1.82, 2.24) is 19.8 Å². The quantitative estimate of drug-likeness (QED) is 0.797. The van der Waals surface area contributed by atoms with Gasteiger partial charge >= 0.3 is 0 Å². The van der Waals surface area contributed by atoms with E-state index in [-0.39, 0.29) is 5.91 Å². The van der Waals surface area contributed by atoms with Gasteiger partial charge in [0.05, 0.1) is 26.4 Å². The van der Waals surface area contributed by atoms with E-state index < -0.39 is 0 Å². The van der Waals surface area contributed by atoms with Crippen molar-refractivity contribution in [2.75, 3.05) is 71.0 Å². The largest absolute Gasteiger partial charge is 0.379 e. The summed E-state index contributed by atoms with van der Waals surface area (Å²) in [5.41, 5.74) is 0.427. The van der Waals surface area contributed by atoms with Crippen molar-refractivity contribution in [3.63, 3.8) is 0 Å². The average molecular weight is 321 g/mol. The van der Waals surface area contributed by atoms with Crippen LogP contribution < -0.4 is 5.32 Å². The minimum atomic E-state index is -0.0630. The normalized spacial score (nSPS) is 19.6. The number of carbonyl (C=O) groups excluding carboxylic acids is 1. The number of nitrogens with one attached hydrogen (secondary N) is 1. The average Bonchev–Trinajstić information content (AvgIpc) is 2.63. The van der Waals surface area contributed by atoms with Crippen molar-refractivity contribution in [2.45, 2.75) is 0 Å². The Labute approximate surface area is 135 Å². The third-order valence-electron chi connectivity index (χ3n) is 4.02. The van der Waals surface area contributed by atoms with Gasteiger partial charge in [0.25, 0.3) is 5.91 Å². The zero-order valence-corrected chi connectivity index (χ0v) is 13.2. The standard InChI is InChI=1S/C15H23N5O3/c21-15(20-5-9-23-10-6-20)13-11-14(18-12-17-13)16-1-2-19-3-7-22-8-4-19/h11-12H,1-10H2,(H,16,17,18). The molecule has 1 amide bonds. The summed E-state index contributed by atoms with van der Waals surface area (Å²) in [6.07, 6.45) is 1.44. The summed E-state index contributed by atoms with van der Waals surface area (Å²) >= 11 is 0. The van der Waals surface area contributed by atoms with E-state index in [0.29, 0.717) is 37.8 Å². The molecule has 0 saturated carbocycles. The number of aromatic nitrogens is 2. The van der Waals surface area contributed by atoms with Crippen molar-refractivity contribution in [2.24, 2.45) is 0 Å². The molecular weight excluding hydrogens is 298 g/mol. The van der Waals surface area contributed by atoms with Crippen molar-refractivity contribution < 1.29 is 14.3 Å². The lowest BCUT2D eigenvalue weighted by Gasteiger charge is -2.27. The van der Waals surface area contributed by atoms with Crippen LogP contribution in [0.1, 0.15) is 10.5 Å². The van der Waals surface area contributed by atoms with Crippen LogP contribution in [0.25, 0.3) is 0 Å². The Morgan fingerprint density at radius 1 is 1.09 bits per heavy atom. The molecule has 126 valence electrons. The van der Waals surface area contributed by atoms with Crippen LogP contribution in [0.3, 0.4) is 0 Å². The molecule has 0 aromatic carbocycles. The van der Waals surface area contributed by atoms with Gasteiger partial charge in [0, 0.05) is 45.3 Å². The van der Waals surface area contributed by atoms with E-state index in [1.54, 1.807) is 11.0 Å². The third kappa shape index (κ3) is 4.60. The van der Waals surface area contributed by atoms with Gasteiger partial charge in [-0.05, 0) is 0 Å². The maximum Gasteiger partial charge on any atom is 0.272 e. The summed E-state index contributed by atoms with van der Waals surface area (Å²) < 4.78 is 10.6. The van der Waals surface area contributed by atoms with Crippen LogP contribution >= 0.6 is 0 Å². The van der Waals surface area contributed by atoms with Gasteiger partial charge in [-0.25, -0.2) is 9.97 Å². The Kier molecular flexibility index (Phi) is 5.73. The van der Waals surface area contributed by atoms with Crippen molar-refractivity contribution >= 4 is 11.7 Å². The van der Waals surface area contributed by atoms with Gasteiger partial charge in [0.1, 0.15) is 17.8 Å². The zero-order valence-electron chi connectivity index (χ0n) is 13.2. The molecule has 1 N–H and O–H groups in total. The number of morpholine rings is 2. The number of amides is 1. The van der Waals surface area contributed by atoms with Gasteiger partial charge in [-0.1, -0.05) is 0 Å². The summed E-state index contributed by atoms with van der Waals surface area (Å²) in [5, 5.41) is 3.26. The van der Waals surface area contributed by atoms with Crippen LogP contribution in [-0.4, -0.2) is 91.4 Å². The summed E-state index contributed by atoms with van der Waals surface area (Å²) in [6, 6.07) is 1.72. The fourth-order valence-electron chi connectivity index (χ4n) is 2.67. The molecule has 0 radical (unpaired) electrons. The highest BCUT2D eigenvalue weighted by Gasteiger charge is 2.20. The fraction of sp³-hybridized carbons (Fsp3) is 0.667. The number of ether oxygens (including phenoxy) is 2. The molecule has 8 nitrogen and oxygen atoms in total.